The van der Waals surface area contributed by atoms with Gasteiger partial charge in [0.2, 0.25) is 0 Å². The predicted octanol–water partition coefficient (Wildman–Crippen LogP) is 5.54. The maximum absolute atomic E-state index is 13.5. The molecule has 0 amide bonds. The Labute approximate surface area is 196 Å². The molecule has 6 heteroatoms. The van der Waals surface area contributed by atoms with Gasteiger partial charge in [0.05, 0.1) is 25.2 Å². The Morgan fingerprint density at radius 1 is 1.06 bits per heavy atom. The fourth-order valence-corrected chi connectivity index (χ4v) is 5.35. The molecule has 2 aliphatic carbocycles. The van der Waals surface area contributed by atoms with Gasteiger partial charge < -0.3 is 14.2 Å². The van der Waals surface area contributed by atoms with Gasteiger partial charge in [0.15, 0.2) is 11.5 Å². The first-order chi connectivity index (χ1) is 16.0. The summed E-state index contributed by atoms with van der Waals surface area (Å²) in [5, 5.41) is 0. The van der Waals surface area contributed by atoms with E-state index in [0.717, 1.165) is 56.2 Å². The molecule has 1 aromatic rings. The SMILES string of the molecule is CCCOc1ccc([C@H]2C(C(=O)OC3CCCCC3)=C(C)N=C3CCCC(=O)C32)cc1OC. The van der Waals surface area contributed by atoms with Crippen LogP contribution in [-0.4, -0.2) is 37.3 Å². The number of allylic oxidation sites excluding steroid dienone is 1. The third-order valence-corrected chi connectivity index (χ3v) is 6.96. The normalized spacial score (nSPS) is 23.6. The highest BCUT2D eigenvalue weighted by molar-refractivity contribution is 6.11. The summed E-state index contributed by atoms with van der Waals surface area (Å²) < 4.78 is 17.4. The second kappa shape index (κ2) is 10.5. The number of fused-ring (bicyclic) bond motifs is 1. The number of methoxy groups -OCH3 is 1. The Balaban J connectivity index is 1.73. The molecule has 0 bridgehead atoms. The lowest BCUT2D eigenvalue weighted by Crippen LogP contribution is -2.39. The summed E-state index contributed by atoms with van der Waals surface area (Å²) in [5.74, 6) is 0.223. The van der Waals surface area contributed by atoms with Crippen molar-refractivity contribution >= 4 is 17.5 Å². The van der Waals surface area contributed by atoms with E-state index in [2.05, 4.69) is 6.92 Å². The van der Waals surface area contributed by atoms with Gasteiger partial charge in [-0.1, -0.05) is 19.4 Å². The molecule has 4 rings (SSSR count). The van der Waals surface area contributed by atoms with E-state index in [1.807, 2.05) is 25.1 Å². The first kappa shape index (κ1) is 23.5. The van der Waals surface area contributed by atoms with Crippen LogP contribution in [0.2, 0.25) is 0 Å². The van der Waals surface area contributed by atoms with Crippen LogP contribution < -0.4 is 9.47 Å². The maximum atomic E-state index is 13.5. The van der Waals surface area contributed by atoms with Gasteiger partial charge in [-0.25, -0.2) is 4.79 Å². The zero-order valence-electron chi connectivity index (χ0n) is 20.0. The van der Waals surface area contributed by atoms with Crippen LogP contribution in [0.15, 0.2) is 34.5 Å². The van der Waals surface area contributed by atoms with E-state index >= 15 is 0 Å². The highest BCUT2D eigenvalue weighted by Gasteiger charge is 2.44. The van der Waals surface area contributed by atoms with Gasteiger partial charge >= 0.3 is 5.97 Å². The molecule has 0 saturated heterocycles. The number of ketones is 1. The molecular formula is C27H35NO5. The molecule has 2 fully saturated rings. The van der Waals surface area contributed by atoms with Gasteiger partial charge in [0.1, 0.15) is 11.9 Å². The Hall–Kier alpha value is -2.63. The Bertz CT molecular complexity index is 957. The van der Waals surface area contributed by atoms with Crippen molar-refractivity contribution in [3.05, 3.63) is 35.0 Å². The van der Waals surface area contributed by atoms with Gasteiger partial charge in [0.25, 0.3) is 0 Å². The number of aliphatic imine (C=N–C) groups is 1. The van der Waals surface area contributed by atoms with Crippen LogP contribution in [0.4, 0.5) is 0 Å². The van der Waals surface area contributed by atoms with Crippen molar-refractivity contribution in [2.75, 3.05) is 13.7 Å². The molecule has 178 valence electrons. The number of nitrogens with zero attached hydrogens (tertiary/aromatic N) is 1. The topological polar surface area (TPSA) is 74.2 Å². The second-order valence-electron chi connectivity index (χ2n) is 9.30. The number of esters is 1. The first-order valence-corrected chi connectivity index (χ1v) is 12.4. The summed E-state index contributed by atoms with van der Waals surface area (Å²) in [6, 6.07) is 5.73. The van der Waals surface area contributed by atoms with Crippen molar-refractivity contribution in [3.63, 3.8) is 0 Å². The van der Waals surface area contributed by atoms with E-state index < -0.39 is 11.8 Å². The average Bonchev–Trinajstić information content (AvgIpc) is 2.82. The zero-order valence-corrected chi connectivity index (χ0v) is 20.0. The molecule has 6 nitrogen and oxygen atoms in total. The molecular weight excluding hydrogens is 418 g/mol. The third-order valence-electron chi connectivity index (χ3n) is 6.96. The van der Waals surface area contributed by atoms with Crippen molar-refractivity contribution in [1.82, 2.24) is 0 Å². The van der Waals surface area contributed by atoms with E-state index in [0.29, 0.717) is 35.8 Å². The van der Waals surface area contributed by atoms with Gasteiger partial charge in [-0.2, -0.15) is 0 Å². The van der Waals surface area contributed by atoms with Gasteiger partial charge in [-0.15, -0.1) is 0 Å². The number of rotatable bonds is 7. The molecule has 1 aliphatic heterocycles. The maximum Gasteiger partial charge on any atom is 0.336 e. The number of hydrogen-bond donors (Lipinski definition) is 0. The zero-order chi connectivity index (χ0) is 23.4. The predicted molar refractivity (Wildman–Crippen MR) is 127 cm³/mol. The van der Waals surface area contributed by atoms with E-state index in [9.17, 15) is 9.59 Å². The number of carbonyl (C=O) groups is 2. The molecule has 1 unspecified atom stereocenters. The average molecular weight is 454 g/mol. The van der Waals surface area contributed by atoms with E-state index in [1.165, 1.54) is 6.42 Å². The highest BCUT2D eigenvalue weighted by Crippen LogP contribution is 2.45. The number of Topliss-reactive ketones (excluding diaryl/α,β-unsaturated/α-hetero) is 1. The lowest BCUT2D eigenvalue weighted by Gasteiger charge is -2.36. The lowest BCUT2D eigenvalue weighted by atomic mass is 9.69. The van der Waals surface area contributed by atoms with Crippen LogP contribution in [0, 0.1) is 5.92 Å². The quantitative estimate of drug-likeness (QED) is 0.507. The van der Waals surface area contributed by atoms with Crippen molar-refractivity contribution in [3.8, 4) is 11.5 Å². The highest BCUT2D eigenvalue weighted by atomic mass is 16.5. The molecule has 0 radical (unpaired) electrons. The number of benzene rings is 1. The fourth-order valence-electron chi connectivity index (χ4n) is 5.35. The monoisotopic (exact) mass is 453 g/mol. The summed E-state index contributed by atoms with van der Waals surface area (Å²) in [6.45, 7) is 4.51. The minimum absolute atomic E-state index is 0.0565. The molecule has 2 saturated carbocycles. The second-order valence-corrected chi connectivity index (χ2v) is 9.30. The summed E-state index contributed by atoms with van der Waals surface area (Å²) in [4.78, 5) is 31.4. The summed E-state index contributed by atoms with van der Waals surface area (Å²) in [5.41, 5.74) is 2.91. The first-order valence-electron chi connectivity index (χ1n) is 12.4. The lowest BCUT2D eigenvalue weighted by molar-refractivity contribution is -0.146. The molecule has 0 aromatic heterocycles. The largest absolute Gasteiger partial charge is 0.493 e. The van der Waals surface area contributed by atoms with E-state index in [4.69, 9.17) is 19.2 Å². The number of ether oxygens (including phenoxy) is 3. The molecule has 33 heavy (non-hydrogen) atoms. The van der Waals surface area contributed by atoms with Crippen LogP contribution in [0.25, 0.3) is 0 Å². The molecule has 3 aliphatic rings. The van der Waals surface area contributed by atoms with Crippen molar-refractivity contribution in [2.24, 2.45) is 10.9 Å². The van der Waals surface area contributed by atoms with Crippen molar-refractivity contribution in [1.29, 1.82) is 0 Å². The van der Waals surface area contributed by atoms with E-state index in [1.54, 1.807) is 7.11 Å². The Morgan fingerprint density at radius 3 is 2.58 bits per heavy atom. The van der Waals surface area contributed by atoms with Crippen LogP contribution in [-0.2, 0) is 14.3 Å². The fraction of sp³-hybridized carbons (Fsp3) is 0.593. The summed E-state index contributed by atoms with van der Waals surface area (Å²) in [6.07, 6.45) is 8.09. The Kier molecular flexibility index (Phi) is 7.51. The summed E-state index contributed by atoms with van der Waals surface area (Å²) >= 11 is 0. The standard InChI is InChI=1S/C27H35NO5/c1-4-15-32-22-14-13-18(16-23(22)31-3)25-24(27(30)33-19-9-6-5-7-10-19)17(2)28-20-11-8-12-21(29)26(20)25/h13-14,16,19,25-26H,4-12,15H2,1-3H3/t25-,26?/m0/s1. The van der Waals surface area contributed by atoms with E-state index in [-0.39, 0.29) is 17.9 Å². The molecule has 2 atom stereocenters. The Morgan fingerprint density at radius 2 is 1.85 bits per heavy atom. The minimum Gasteiger partial charge on any atom is -0.493 e. The van der Waals surface area contributed by atoms with Crippen LogP contribution in [0.1, 0.15) is 83.1 Å². The third kappa shape index (κ3) is 4.99. The number of hydrogen-bond acceptors (Lipinski definition) is 6. The van der Waals surface area contributed by atoms with Gasteiger partial charge in [-0.3, -0.25) is 9.79 Å². The molecule has 1 aromatic carbocycles. The smallest absolute Gasteiger partial charge is 0.336 e. The van der Waals surface area contributed by atoms with Crippen LogP contribution >= 0.6 is 0 Å². The molecule has 1 heterocycles. The van der Waals surface area contributed by atoms with Crippen LogP contribution in [0.3, 0.4) is 0 Å². The van der Waals surface area contributed by atoms with Crippen molar-refractivity contribution < 1.29 is 23.8 Å². The number of carbonyl (C=O) groups excluding carboxylic acids is 2. The van der Waals surface area contributed by atoms with Gasteiger partial charge in [-0.05, 0) is 69.6 Å². The minimum atomic E-state index is -0.427. The molecule has 0 spiro atoms. The summed E-state index contributed by atoms with van der Waals surface area (Å²) in [7, 11) is 1.61. The van der Waals surface area contributed by atoms with Gasteiger partial charge in [0, 0.05) is 23.7 Å². The van der Waals surface area contributed by atoms with Crippen LogP contribution in [0.5, 0.6) is 11.5 Å². The molecule has 0 N–H and O–H groups in total. The van der Waals surface area contributed by atoms with Crippen molar-refractivity contribution in [2.45, 2.75) is 83.7 Å².